The van der Waals surface area contributed by atoms with E-state index in [0.29, 0.717) is 32.4 Å². The summed E-state index contributed by atoms with van der Waals surface area (Å²) in [7, 11) is 0. The zero-order valence-electron chi connectivity index (χ0n) is 13.1. The molecule has 0 aromatic rings. The number of carbonyl (C=O) groups is 1. The molecule has 1 saturated heterocycles. The molecule has 2 fully saturated rings. The lowest BCUT2D eigenvalue weighted by molar-refractivity contribution is -0.0431. The van der Waals surface area contributed by atoms with Crippen molar-refractivity contribution in [1.29, 1.82) is 0 Å². The fraction of sp³-hybridized carbons (Fsp3) is 0.933. The third-order valence-electron chi connectivity index (χ3n) is 3.67. The molecule has 6 heteroatoms. The molecule has 1 amide bonds. The lowest BCUT2D eigenvalue weighted by atomic mass is 9.96. The lowest BCUT2D eigenvalue weighted by Gasteiger charge is -2.26. The van der Waals surface area contributed by atoms with Gasteiger partial charge in [-0.3, -0.25) is 0 Å². The van der Waals surface area contributed by atoms with Crippen molar-refractivity contribution in [2.75, 3.05) is 26.3 Å². The van der Waals surface area contributed by atoms with Gasteiger partial charge in [-0.1, -0.05) is 15.9 Å². The van der Waals surface area contributed by atoms with E-state index in [1.807, 2.05) is 20.8 Å². The van der Waals surface area contributed by atoms with Crippen molar-refractivity contribution in [1.82, 2.24) is 4.90 Å². The Balaban J connectivity index is 1.66. The zero-order chi connectivity index (χ0) is 15.5. The molecule has 0 aromatic heterocycles. The Morgan fingerprint density at radius 3 is 2.43 bits per heavy atom. The maximum Gasteiger partial charge on any atom is 0.410 e. The van der Waals surface area contributed by atoms with Gasteiger partial charge in [0.1, 0.15) is 5.60 Å². The van der Waals surface area contributed by atoms with Crippen LogP contribution in [-0.4, -0.2) is 59.9 Å². The van der Waals surface area contributed by atoms with Crippen LogP contribution in [0.15, 0.2) is 0 Å². The van der Waals surface area contributed by atoms with Crippen LogP contribution in [0.2, 0.25) is 0 Å². The Morgan fingerprint density at radius 2 is 1.86 bits per heavy atom. The second kappa shape index (κ2) is 7.29. The molecule has 1 aliphatic heterocycles. The van der Waals surface area contributed by atoms with E-state index in [1.54, 1.807) is 4.90 Å². The van der Waals surface area contributed by atoms with Crippen LogP contribution in [0.3, 0.4) is 0 Å². The third kappa shape index (κ3) is 5.42. The van der Waals surface area contributed by atoms with E-state index in [2.05, 4.69) is 15.9 Å². The summed E-state index contributed by atoms with van der Waals surface area (Å²) < 4.78 is 16.9. The van der Waals surface area contributed by atoms with E-state index in [0.717, 1.165) is 0 Å². The summed E-state index contributed by atoms with van der Waals surface area (Å²) in [6.07, 6.45) is 3.80. The molecule has 0 N–H and O–H groups in total. The Kier molecular flexibility index (Phi) is 5.91. The highest BCUT2D eigenvalue weighted by molar-refractivity contribution is 9.09. The highest BCUT2D eigenvalue weighted by Crippen LogP contribution is 2.24. The van der Waals surface area contributed by atoms with Crippen molar-refractivity contribution in [2.45, 2.75) is 62.7 Å². The molecule has 1 saturated carbocycles. The van der Waals surface area contributed by atoms with Crippen LogP contribution in [0.25, 0.3) is 0 Å². The molecule has 0 spiro atoms. The lowest BCUT2D eigenvalue weighted by Crippen LogP contribution is -2.36. The quantitative estimate of drug-likeness (QED) is 0.556. The average molecular weight is 364 g/mol. The molecule has 2 atom stereocenters. The van der Waals surface area contributed by atoms with Crippen molar-refractivity contribution in [3.8, 4) is 0 Å². The molecule has 122 valence electrons. The fourth-order valence-electron chi connectivity index (χ4n) is 2.32. The average Bonchev–Trinajstić information content (AvgIpc) is 2.66. The predicted molar refractivity (Wildman–Crippen MR) is 83.9 cm³/mol. The van der Waals surface area contributed by atoms with E-state index < -0.39 is 5.60 Å². The minimum absolute atomic E-state index is 0.00232. The van der Waals surface area contributed by atoms with Crippen LogP contribution in [-0.2, 0) is 14.2 Å². The fourth-order valence-corrected chi connectivity index (χ4v) is 2.99. The molecule has 5 nitrogen and oxygen atoms in total. The summed E-state index contributed by atoms with van der Waals surface area (Å²) in [5, 5.41) is 0. The van der Waals surface area contributed by atoms with Crippen LogP contribution in [0.1, 0.15) is 40.0 Å². The van der Waals surface area contributed by atoms with Crippen molar-refractivity contribution >= 4 is 22.0 Å². The van der Waals surface area contributed by atoms with E-state index in [1.165, 1.54) is 19.3 Å². The van der Waals surface area contributed by atoms with Crippen molar-refractivity contribution < 1.29 is 19.0 Å². The van der Waals surface area contributed by atoms with Crippen molar-refractivity contribution in [3.63, 3.8) is 0 Å². The summed E-state index contributed by atoms with van der Waals surface area (Å²) in [6, 6.07) is 0. The highest BCUT2D eigenvalue weighted by Gasteiger charge is 2.36. The number of amides is 1. The van der Waals surface area contributed by atoms with Gasteiger partial charge in [0.05, 0.1) is 36.8 Å². The minimum Gasteiger partial charge on any atom is -0.444 e. The van der Waals surface area contributed by atoms with E-state index in [4.69, 9.17) is 14.2 Å². The van der Waals surface area contributed by atoms with Crippen LogP contribution >= 0.6 is 15.9 Å². The summed E-state index contributed by atoms with van der Waals surface area (Å²) in [4.78, 5) is 13.9. The van der Waals surface area contributed by atoms with Gasteiger partial charge in [0.15, 0.2) is 0 Å². The number of carbonyl (C=O) groups excluding carboxylic acids is 1. The van der Waals surface area contributed by atoms with Gasteiger partial charge in [0.2, 0.25) is 0 Å². The van der Waals surface area contributed by atoms with Gasteiger partial charge in [-0.15, -0.1) is 0 Å². The molecule has 2 aliphatic rings. The van der Waals surface area contributed by atoms with Crippen LogP contribution in [0.4, 0.5) is 4.79 Å². The van der Waals surface area contributed by atoms with Crippen molar-refractivity contribution in [2.24, 2.45) is 0 Å². The first-order valence-corrected chi connectivity index (χ1v) is 8.62. The second-order valence-electron chi connectivity index (χ2n) is 6.73. The Morgan fingerprint density at radius 1 is 1.19 bits per heavy atom. The monoisotopic (exact) mass is 363 g/mol. The highest BCUT2D eigenvalue weighted by atomic mass is 79.9. The van der Waals surface area contributed by atoms with E-state index >= 15 is 0 Å². The molecule has 2 rings (SSSR count). The maximum atomic E-state index is 12.0. The predicted octanol–water partition coefficient (Wildman–Crippen LogP) is 2.95. The Bertz CT molecular complexity index is 354. The van der Waals surface area contributed by atoms with Crippen molar-refractivity contribution in [3.05, 3.63) is 0 Å². The molecule has 0 aromatic carbocycles. The third-order valence-corrected chi connectivity index (χ3v) is 4.55. The summed E-state index contributed by atoms with van der Waals surface area (Å²) in [6.45, 7) is 8.01. The number of hydrogen-bond acceptors (Lipinski definition) is 4. The number of rotatable bonds is 5. The van der Waals surface area contributed by atoms with E-state index in [-0.39, 0.29) is 17.0 Å². The normalized spacial score (nSPS) is 26.8. The van der Waals surface area contributed by atoms with Crippen LogP contribution in [0, 0.1) is 0 Å². The molecule has 1 heterocycles. The second-order valence-corrected chi connectivity index (χ2v) is 7.91. The van der Waals surface area contributed by atoms with Gasteiger partial charge in [-0.2, -0.15) is 0 Å². The smallest absolute Gasteiger partial charge is 0.410 e. The first kappa shape index (κ1) is 17.0. The number of hydrogen-bond donors (Lipinski definition) is 0. The molecular formula is C15H26BrNO4. The van der Waals surface area contributed by atoms with Crippen LogP contribution in [0.5, 0.6) is 0 Å². The largest absolute Gasteiger partial charge is 0.444 e. The number of likely N-dealkylation sites (tertiary alicyclic amines) is 1. The number of alkyl halides is 1. The number of nitrogens with zero attached hydrogens (tertiary/aromatic N) is 1. The molecule has 0 radical (unpaired) electrons. The molecule has 21 heavy (non-hydrogen) atoms. The molecule has 0 bridgehead atoms. The molecule has 1 aliphatic carbocycles. The number of ether oxygens (including phenoxy) is 3. The SMILES string of the molecule is CC(C)(C)OC(=O)N1CC(Br)C(OCCOC2CCC2)C1. The molecular weight excluding hydrogens is 338 g/mol. The maximum absolute atomic E-state index is 12.0. The van der Waals surface area contributed by atoms with Gasteiger partial charge in [0, 0.05) is 6.54 Å². The first-order chi connectivity index (χ1) is 9.85. The van der Waals surface area contributed by atoms with Gasteiger partial charge < -0.3 is 19.1 Å². The van der Waals surface area contributed by atoms with Gasteiger partial charge in [0.25, 0.3) is 0 Å². The zero-order valence-corrected chi connectivity index (χ0v) is 14.7. The minimum atomic E-state index is -0.464. The van der Waals surface area contributed by atoms with Crippen LogP contribution < -0.4 is 0 Å². The van der Waals surface area contributed by atoms with Gasteiger partial charge in [-0.25, -0.2) is 4.79 Å². The summed E-state index contributed by atoms with van der Waals surface area (Å²) in [5.74, 6) is 0. The summed E-state index contributed by atoms with van der Waals surface area (Å²) in [5.41, 5.74) is -0.464. The Labute approximate surface area is 135 Å². The van der Waals surface area contributed by atoms with Gasteiger partial charge in [-0.05, 0) is 40.0 Å². The van der Waals surface area contributed by atoms with Gasteiger partial charge >= 0.3 is 6.09 Å². The topological polar surface area (TPSA) is 48.0 Å². The number of halogens is 1. The molecule has 2 unspecified atom stereocenters. The van der Waals surface area contributed by atoms with E-state index in [9.17, 15) is 4.79 Å². The Hall–Kier alpha value is -0.330. The summed E-state index contributed by atoms with van der Waals surface area (Å²) >= 11 is 3.58. The first-order valence-electron chi connectivity index (χ1n) is 7.70. The standard InChI is InChI=1S/C15H26BrNO4/c1-15(2,3)21-14(18)17-9-12(16)13(10-17)20-8-7-19-11-5-4-6-11/h11-13H,4-10H2,1-3H3.